The normalized spacial score (nSPS) is 16.8. The van der Waals surface area contributed by atoms with Gasteiger partial charge in [0.25, 0.3) is 11.8 Å². The van der Waals surface area contributed by atoms with E-state index in [-0.39, 0.29) is 20.6 Å². The molecule has 0 aromatic rings. The summed E-state index contributed by atoms with van der Waals surface area (Å²) in [5, 5.41) is 9.85. The van der Waals surface area contributed by atoms with Gasteiger partial charge in [0.15, 0.2) is 18.3 Å². The number of carbonyl (C=O) groups is 6. The van der Waals surface area contributed by atoms with Crippen LogP contribution in [0, 0.1) is 0 Å². The van der Waals surface area contributed by atoms with Crippen molar-refractivity contribution in [2.75, 3.05) is 47.8 Å². The first-order valence-electron chi connectivity index (χ1n) is 10.4. The molecule has 1 rings (SSSR count). The first kappa shape index (κ1) is 36.2. The van der Waals surface area contributed by atoms with E-state index in [0.29, 0.717) is 10.0 Å². The van der Waals surface area contributed by atoms with E-state index in [1.807, 2.05) is 0 Å². The molecule has 0 radical (unpaired) electrons. The van der Waals surface area contributed by atoms with Crippen molar-refractivity contribution in [1.82, 2.24) is 20.9 Å². The Kier molecular flexibility index (Phi) is 17.9. The zero-order chi connectivity index (χ0) is 28.0. The summed E-state index contributed by atoms with van der Waals surface area (Å²) in [5.74, 6) is -3.04. The molecule has 1 aliphatic heterocycles. The van der Waals surface area contributed by atoms with E-state index in [0.717, 1.165) is 26.0 Å². The van der Waals surface area contributed by atoms with E-state index in [9.17, 15) is 33.9 Å². The summed E-state index contributed by atoms with van der Waals surface area (Å²) in [6, 6.07) is 0. The SMILES string of the molecule is C.CCOC(=O)C(SC)C(O)C(=O)N(NC)C(=O)OC.CCOC(=O)C1OC1C(=O)N(NC)C(=O)OC. The molecule has 1 heterocycles. The van der Waals surface area contributed by atoms with Crippen LogP contribution in [0.4, 0.5) is 9.59 Å². The molecular weight excluding hydrogens is 520 g/mol. The van der Waals surface area contributed by atoms with Gasteiger partial charge in [0.2, 0.25) is 0 Å². The van der Waals surface area contributed by atoms with Crippen LogP contribution in [0.5, 0.6) is 0 Å². The fourth-order valence-corrected chi connectivity index (χ4v) is 3.07. The Morgan fingerprint density at radius 2 is 1.41 bits per heavy atom. The van der Waals surface area contributed by atoms with Gasteiger partial charge in [-0.15, -0.1) is 11.8 Å². The summed E-state index contributed by atoms with van der Waals surface area (Å²) in [6.45, 7) is 3.58. The molecule has 3 N–H and O–H groups in total. The van der Waals surface area contributed by atoms with Crippen LogP contribution in [-0.4, -0.2) is 122 Å². The highest BCUT2D eigenvalue weighted by atomic mass is 32.2. The maximum absolute atomic E-state index is 11.9. The number of epoxide rings is 1. The second kappa shape index (κ2) is 18.3. The van der Waals surface area contributed by atoms with Crippen molar-refractivity contribution in [3.8, 4) is 0 Å². The Balaban J connectivity index is 0. The monoisotopic (exact) mass is 556 g/mol. The highest BCUT2D eigenvalue weighted by Crippen LogP contribution is 2.25. The fourth-order valence-electron chi connectivity index (χ4n) is 2.44. The van der Waals surface area contributed by atoms with E-state index in [1.165, 1.54) is 14.1 Å². The number of imide groups is 2. The number of rotatable bonds is 10. The minimum Gasteiger partial charge on any atom is -0.465 e. The summed E-state index contributed by atoms with van der Waals surface area (Å²) >= 11 is 0.950. The van der Waals surface area contributed by atoms with Crippen LogP contribution in [0.25, 0.3) is 0 Å². The molecule has 214 valence electrons. The Morgan fingerprint density at radius 1 is 0.919 bits per heavy atom. The maximum Gasteiger partial charge on any atom is 0.431 e. The van der Waals surface area contributed by atoms with Crippen molar-refractivity contribution in [2.24, 2.45) is 0 Å². The molecule has 0 aromatic carbocycles. The van der Waals surface area contributed by atoms with Crippen molar-refractivity contribution in [2.45, 2.75) is 44.8 Å². The molecule has 0 spiro atoms. The third-order valence-electron chi connectivity index (χ3n) is 4.17. The smallest absolute Gasteiger partial charge is 0.431 e. The number of methoxy groups -OCH3 is 2. The first-order valence-corrected chi connectivity index (χ1v) is 11.7. The van der Waals surface area contributed by atoms with E-state index < -0.39 is 59.5 Å². The predicted octanol–water partition coefficient (Wildman–Crippen LogP) is -0.946. The molecule has 17 heteroatoms. The van der Waals surface area contributed by atoms with Crippen LogP contribution < -0.4 is 10.9 Å². The largest absolute Gasteiger partial charge is 0.465 e. The molecule has 4 unspecified atom stereocenters. The second-order valence-electron chi connectivity index (χ2n) is 6.32. The van der Waals surface area contributed by atoms with E-state index in [4.69, 9.17) is 9.47 Å². The van der Waals surface area contributed by atoms with Gasteiger partial charge >= 0.3 is 24.1 Å². The van der Waals surface area contributed by atoms with Gasteiger partial charge in [-0.05, 0) is 20.1 Å². The number of ether oxygens (including phenoxy) is 5. The third kappa shape index (κ3) is 10.5. The molecule has 0 aromatic heterocycles. The van der Waals surface area contributed by atoms with E-state index in [2.05, 4.69) is 25.1 Å². The number of thioether (sulfide) groups is 1. The van der Waals surface area contributed by atoms with Gasteiger partial charge in [0.05, 0.1) is 27.4 Å². The first-order chi connectivity index (χ1) is 17.0. The molecule has 37 heavy (non-hydrogen) atoms. The number of hydrogen-bond acceptors (Lipinski definition) is 15. The summed E-state index contributed by atoms with van der Waals surface area (Å²) < 4.78 is 23.0. The van der Waals surface area contributed by atoms with Crippen molar-refractivity contribution in [3.63, 3.8) is 0 Å². The minimum atomic E-state index is -1.72. The number of hydrogen-bond donors (Lipinski definition) is 3. The predicted molar refractivity (Wildman–Crippen MR) is 129 cm³/mol. The Labute approximate surface area is 219 Å². The van der Waals surface area contributed by atoms with Gasteiger partial charge in [-0.3, -0.25) is 14.4 Å². The van der Waals surface area contributed by atoms with Crippen molar-refractivity contribution in [3.05, 3.63) is 0 Å². The van der Waals surface area contributed by atoms with Gasteiger partial charge in [0, 0.05) is 14.1 Å². The molecule has 1 saturated heterocycles. The van der Waals surface area contributed by atoms with Gasteiger partial charge in [-0.1, -0.05) is 7.43 Å². The Morgan fingerprint density at radius 3 is 1.81 bits per heavy atom. The number of amides is 4. The van der Waals surface area contributed by atoms with Crippen molar-refractivity contribution in [1.29, 1.82) is 0 Å². The van der Waals surface area contributed by atoms with Gasteiger partial charge in [0.1, 0.15) is 5.25 Å². The number of carbonyl (C=O) groups excluding carboxylic acids is 6. The lowest BCUT2D eigenvalue weighted by Crippen LogP contribution is -2.53. The second-order valence-corrected chi connectivity index (χ2v) is 7.30. The van der Waals surface area contributed by atoms with Crippen LogP contribution in [0.2, 0.25) is 0 Å². The quantitative estimate of drug-likeness (QED) is 0.128. The zero-order valence-corrected chi connectivity index (χ0v) is 21.8. The lowest BCUT2D eigenvalue weighted by atomic mass is 10.2. The number of aliphatic hydroxyl groups is 1. The van der Waals surface area contributed by atoms with Crippen LogP contribution in [0.15, 0.2) is 0 Å². The van der Waals surface area contributed by atoms with E-state index >= 15 is 0 Å². The molecule has 4 amide bonds. The molecule has 1 aliphatic rings. The lowest BCUT2D eigenvalue weighted by molar-refractivity contribution is -0.151. The fraction of sp³-hybridized carbons (Fsp3) is 0.700. The maximum atomic E-state index is 11.9. The van der Waals surface area contributed by atoms with Gasteiger partial charge in [-0.25, -0.2) is 25.2 Å². The van der Waals surface area contributed by atoms with Crippen LogP contribution >= 0.6 is 11.8 Å². The highest BCUT2D eigenvalue weighted by molar-refractivity contribution is 8.00. The average Bonchev–Trinajstić information content (AvgIpc) is 3.66. The van der Waals surface area contributed by atoms with Crippen LogP contribution in [-0.2, 0) is 42.9 Å². The standard InChI is InChI=1S/C10H18N2O6S.C9H14N2O6.CH4/c1-5-18-9(15)7(19-4)6(13)8(14)12(11-2)10(16)17-3;1-4-16-8(13)6-5(17-6)7(12)11(10-2)9(14)15-3;/h6-7,11,13H,5H2,1-4H3;5-6,10H,4H2,1-3H3;1H4. The lowest BCUT2D eigenvalue weighted by Gasteiger charge is -2.24. The van der Waals surface area contributed by atoms with Crippen LogP contribution in [0.3, 0.4) is 0 Å². The van der Waals surface area contributed by atoms with Crippen LogP contribution in [0.1, 0.15) is 21.3 Å². The van der Waals surface area contributed by atoms with Crippen molar-refractivity contribution < 1.29 is 57.6 Å². The summed E-state index contributed by atoms with van der Waals surface area (Å²) in [4.78, 5) is 68.8. The Hall–Kier alpha value is -2.99. The summed E-state index contributed by atoms with van der Waals surface area (Å²) in [7, 11) is 4.90. The molecule has 0 saturated carbocycles. The molecular formula is C20H36N4O12S. The molecule has 0 bridgehead atoms. The molecule has 1 fully saturated rings. The number of hydrazine groups is 2. The topological polar surface area (TPSA) is 203 Å². The average molecular weight is 557 g/mol. The summed E-state index contributed by atoms with van der Waals surface area (Å²) in [6.07, 6.45) is -3.99. The summed E-state index contributed by atoms with van der Waals surface area (Å²) in [5.41, 5.74) is 4.61. The Bertz CT molecular complexity index is 799. The van der Waals surface area contributed by atoms with Gasteiger partial charge < -0.3 is 28.8 Å². The molecule has 4 atom stereocenters. The van der Waals surface area contributed by atoms with E-state index in [1.54, 1.807) is 20.1 Å². The van der Waals surface area contributed by atoms with Gasteiger partial charge in [-0.2, -0.15) is 10.0 Å². The molecule has 0 aliphatic carbocycles. The number of nitrogens with zero attached hydrogens (tertiary/aromatic N) is 2. The third-order valence-corrected chi connectivity index (χ3v) is 5.13. The van der Waals surface area contributed by atoms with Crippen molar-refractivity contribution >= 4 is 47.7 Å². The number of nitrogens with one attached hydrogen (secondary N) is 2. The number of aliphatic hydroxyl groups excluding tert-OH is 1. The molecule has 16 nitrogen and oxygen atoms in total. The minimum absolute atomic E-state index is 0. The number of esters is 2. The zero-order valence-electron chi connectivity index (χ0n) is 21.0. The highest BCUT2D eigenvalue weighted by Gasteiger charge is 2.54.